The molecule has 0 aromatic heterocycles. The Morgan fingerprint density at radius 2 is 2.40 bits per heavy atom. The van der Waals surface area contributed by atoms with Crippen molar-refractivity contribution in [1.29, 1.82) is 0 Å². The maximum atomic E-state index is 11.4. The van der Waals surface area contributed by atoms with Crippen molar-refractivity contribution in [2.75, 3.05) is 33.7 Å². The average Bonchev–Trinajstić information content (AvgIpc) is 2.62. The van der Waals surface area contributed by atoms with Gasteiger partial charge in [-0.3, -0.25) is 9.69 Å². The van der Waals surface area contributed by atoms with Crippen LogP contribution in [0.15, 0.2) is 0 Å². The molecule has 1 amide bonds. The molecule has 0 spiro atoms. The van der Waals surface area contributed by atoms with Gasteiger partial charge in [-0.25, -0.2) is 0 Å². The number of carbonyl (C=O) groups excluding carboxylic acids is 1. The maximum absolute atomic E-state index is 11.4. The molecule has 3 N–H and O–H groups in total. The van der Waals surface area contributed by atoms with Crippen LogP contribution >= 0.6 is 0 Å². The van der Waals surface area contributed by atoms with Crippen LogP contribution in [0.4, 0.5) is 0 Å². The van der Waals surface area contributed by atoms with Crippen molar-refractivity contribution in [2.24, 2.45) is 0 Å². The van der Waals surface area contributed by atoms with Gasteiger partial charge in [0.05, 0.1) is 11.6 Å². The zero-order chi connectivity index (χ0) is 11.5. The van der Waals surface area contributed by atoms with E-state index < -0.39 is 5.60 Å². The number of nitrogens with zero attached hydrogens (tertiary/aromatic N) is 1. The van der Waals surface area contributed by atoms with Crippen LogP contribution in [0.1, 0.15) is 13.3 Å². The number of aliphatic hydroxyl groups is 1. The van der Waals surface area contributed by atoms with Crippen molar-refractivity contribution < 1.29 is 9.90 Å². The zero-order valence-corrected chi connectivity index (χ0v) is 9.71. The van der Waals surface area contributed by atoms with Gasteiger partial charge in [-0.15, -0.1) is 0 Å². The SMILES string of the molecule is CNC(=O)C(C)N(C)CC1(O)CCNC1. The zero-order valence-electron chi connectivity index (χ0n) is 9.71. The lowest BCUT2D eigenvalue weighted by Gasteiger charge is -2.31. The molecule has 0 radical (unpaired) electrons. The van der Waals surface area contributed by atoms with Crippen LogP contribution in [-0.4, -0.2) is 61.3 Å². The van der Waals surface area contributed by atoms with Crippen molar-refractivity contribution in [3.8, 4) is 0 Å². The molecule has 88 valence electrons. The number of hydrogen-bond donors (Lipinski definition) is 3. The Morgan fingerprint density at radius 1 is 1.73 bits per heavy atom. The second-order valence-corrected chi connectivity index (χ2v) is 4.36. The number of nitrogens with one attached hydrogen (secondary N) is 2. The molecule has 2 unspecified atom stereocenters. The Kier molecular flexibility index (Phi) is 4.07. The molecule has 2 atom stereocenters. The van der Waals surface area contributed by atoms with E-state index in [0.29, 0.717) is 13.1 Å². The van der Waals surface area contributed by atoms with Crippen molar-refractivity contribution in [1.82, 2.24) is 15.5 Å². The Morgan fingerprint density at radius 3 is 2.87 bits per heavy atom. The number of hydrogen-bond acceptors (Lipinski definition) is 4. The fourth-order valence-corrected chi connectivity index (χ4v) is 1.88. The van der Waals surface area contributed by atoms with E-state index in [1.54, 1.807) is 7.05 Å². The van der Waals surface area contributed by atoms with E-state index >= 15 is 0 Å². The van der Waals surface area contributed by atoms with E-state index in [1.165, 1.54) is 0 Å². The minimum absolute atomic E-state index is 0.0212. The van der Waals surface area contributed by atoms with Crippen LogP contribution in [0, 0.1) is 0 Å². The largest absolute Gasteiger partial charge is 0.387 e. The maximum Gasteiger partial charge on any atom is 0.236 e. The molecule has 1 aliphatic heterocycles. The Labute approximate surface area is 90.8 Å². The molecular formula is C10H21N3O2. The third kappa shape index (κ3) is 3.15. The fourth-order valence-electron chi connectivity index (χ4n) is 1.88. The molecule has 0 bridgehead atoms. The third-order valence-corrected chi connectivity index (χ3v) is 3.05. The van der Waals surface area contributed by atoms with E-state index in [-0.39, 0.29) is 11.9 Å². The minimum Gasteiger partial charge on any atom is -0.387 e. The van der Waals surface area contributed by atoms with E-state index in [0.717, 1.165) is 13.0 Å². The van der Waals surface area contributed by atoms with Gasteiger partial charge in [0.25, 0.3) is 0 Å². The van der Waals surface area contributed by atoms with Gasteiger partial charge in [-0.2, -0.15) is 0 Å². The summed E-state index contributed by atoms with van der Waals surface area (Å²) < 4.78 is 0. The summed E-state index contributed by atoms with van der Waals surface area (Å²) in [6.45, 7) is 3.82. The average molecular weight is 215 g/mol. The summed E-state index contributed by atoms with van der Waals surface area (Å²) in [5.41, 5.74) is -0.684. The molecule has 15 heavy (non-hydrogen) atoms. The summed E-state index contributed by atoms with van der Waals surface area (Å²) in [5.74, 6) is -0.0212. The molecule has 0 aromatic carbocycles. The standard InChI is InChI=1S/C10H21N3O2/c1-8(9(14)11-2)13(3)7-10(15)4-5-12-6-10/h8,12,15H,4-7H2,1-3H3,(H,11,14). The van der Waals surface area contributed by atoms with Gasteiger partial charge in [-0.1, -0.05) is 0 Å². The summed E-state index contributed by atoms with van der Waals surface area (Å²) in [7, 11) is 3.48. The Bertz CT molecular complexity index is 227. The molecule has 1 saturated heterocycles. The lowest BCUT2D eigenvalue weighted by atomic mass is 10.0. The van der Waals surface area contributed by atoms with Crippen LogP contribution in [0.2, 0.25) is 0 Å². The first-order valence-corrected chi connectivity index (χ1v) is 5.33. The Balaban J connectivity index is 2.47. The lowest BCUT2D eigenvalue weighted by Crippen LogP contribution is -2.50. The van der Waals surface area contributed by atoms with Gasteiger partial charge in [0, 0.05) is 20.1 Å². The number of carbonyl (C=O) groups is 1. The van der Waals surface area contributed by atoms with Crippen molar-refractivity contribution >= 4 is 5.91 Å². The predicted molar refractivity (Wildman–Crippen MR) is 58.6 cm³/mol. The van der Waals surface area contributed by atoms with Crippen LogP contribution in [-0.2, 0) is 4.79 Å². The minimum atomic E-state index is -0.684. The summed E-state index contributed by atoms with van der Waals surface area (Å²) >= 11 is 0. The van der Waals surface area contributed by atoms with E-state index in [4.69, 9.17) is 0 Å². The van der Waals surface area contributed by atoms with E-state index in [9.17, 15) is 9.90 Å². The molecule has 1 fully saturated rings. The van der Waals surface area contributed by atoms with Gasteiger partial charge in [0.15, 0.2) is 0 Å². The van der Waals surface area contributed by atoms with E-state index in [1.807, 2.05) is 18.9 Å². The van der Waals surface area contributed by atoms with Crippen LogP contribution in [0.5, 0.6) is 0 Å². The van der Waals surface area contributed by atoms with Gasteiger partial charge in [-0.05, 0) is 26.9 Å². The van der Waals surface area contributed by atoms with Gasteiger partial charge in [0.1, 0.15) is 0 Å². The third-order valence-electron chi connectivity index (χ3n) is 3.05. The summed E-state index contributed by atoms with van der Waals surface area (Å²) in [6, 6.07) is -0.209. The highest BCUT2D eigenvalue weighted by Crippen LogP contribution is 2.16. The van der Waals surface area contributed by atoms with Crippen LogP contribution < -0.4 is 10.6 Å². The summed E-state index contributed by atoms with van der Waals surface area (Å²) in [4.78, 5) is 13.3. The second kappa shape index (κ2) is 4.92. The molecule has 0 aliphatic carbocycles. The highest BCUT2D eigenvalue weighted by molar-refractivity contribution is 5.80. The summed E-state index contributed by atoms with van der Waals surface area (Å²) in [6.07, 6.45) is 0.748. The van der Waals surface area contributed by atoms with Crippen LogP contribution in [0.3, 0.4) is 0 Å². The molecular weight excluding hydrogens is 194 g/mol. The number of β-amino-alcohol motifs (C(OH)–C–C–N with tert-alkyl or cyclic N) is 1. The van der Waals surface area contributed by atoms with Gasteiger partial charge >= 0.3 is 0 Å². The molecule has 1 rings (SSSR count). The Hall–Kier alpha value is -0.650. The number of amides is 1. The summed E-state index contributed by atoms with van der Waals surface area (Å²) in [5, 5.41) is 15.9. The highest BCUT2D eigenvalue weighted by atomic mass is 16.3. The predicted octanol–water partition coefficient (Wildman–Crippen LogP) is -1.22. The first kappa shape index (κ1) is 12.4. The highest BCUT2D eigenvalue weighted by Gasteiger charge is 2.34. The molecule has 1 heterocycles. The normalized spacial score (nSPS) is 28.1. The smallest absolute Gasteiger partial charge is 0.236 e. The number of rotatable bonds is 4. The molecule has 1 aliphatic rings. The van der Waals surface area contributed by atoms with Crippen molar-refractivity contribution in [3.63, 3.8) is 0 Å². The molecule has 5 nitrogen and oxygen atoms in total. The topological polar surface area (TPSA) is 64.6 Å². The number of likely N-dealkylation sites (N-methyl/N-ethyl adjacent to an activating group) is 2. The van der Waals surface area contributed by atoms with Crippen molar-refractivity contribution in [3.05, 3.63) is 0 Å². The molecule has 0 aromatic rings. The van der Waals surface area contributed by atoms with Gasteiger partial charge < -0.3 is 15.7 Å². The van der Waals surface area contributed by atoms with E-state index in [2.05, 4.69) is 10.6 Å². The monoisotopic (exact) mass is 215 g/mol. The van der Waals surface area contributed by atoms with Crippen LogP contribution in [0.25, 0.3) is 0 Å². The van der Waals surface area contributed by atoms with Crippen molar-refractivity contribution in [2.45, 2.75) is 25.0 Å². The second-order valence-electron chi connectivity index (χ2n) is 4.36. The first-order valence-electron chi connectivity index (χ1n) is 5.33. The molecule has 5 heteroatoms. The quantitative estimate of drug-likeness (QED) is 0.550. The first-order chi connectivity index (χ1) is 6.98. The fraction of sp³-hybridized carbons (Fsp3) is 0.900. The van der Waals surface area contributed by atoms with Gasteiger partial charge in [0.2, 0.25) is 5.91 Å². The lowest BCUT2D eigenvalue weighted by molar-refractivity contribution is -0.125. The molecule has 0 saturated carbocycles.